The van der Waals surface area contributed by atoms with Gasteiger partial charge >= 0.3 is 39.5 Å². The summed E-state index contributed by atoms with van der Waals surface area (Å²) in [6, 6.07) is 0. The predicted octanol–water partition coefficient (Wildman–Crippen LogP) is 20.6. The standard InChI is InChI=1S/C72H140O17P2/c1-8-10-11-12-13-14-15-16-17-18-19-20-21-26-32-41-48-55-71(76)88-67(59-82-69(74)53-46-39-31-25-23-22-24-29-36-43-50-63(3)4)61-86-90(78,79)84-57-66(73)58-85-91(80,81)87-62-68(60-83-70(75)54-47-40-35-34-37-44-51-64(5)6)89-72(77)56-49-42-33-28-27-30-38-45-52-65(7)9-2/h63-68,73H,8-62H2,1-7H3,(H,78,79)(H,80,81)/t65?,66-,67-,68-/m1/s1. The summed E-state index contributed by atoms with van der Waals surface area (Å²) in [5.41, 5.74) is 0. The maximum absolute atomic E-state index is 13.0. The molecule has 0 fully saturated rings. The molecule has 0 saturated heterocycles. The van der Waals surface area contributed by atoms with Crippen molar-refractivity contribution < 1.29 is 80.2 Å². The second-order valence-corrected chi connectivity index (χ2v) is 30.1. The minimum atomic E-state index is -4.95. The fourth-order valence-electron chi connectivity index (χ4n) is 10.9. The molecule has 0 aromatic heterocycles. The number of ether oxygens (including phenoxy) is 4. The Kier molecular flexibility index (Phi) is 61.5. The predicted molar refractivity (Wildman–Crippen MR) is 368 cm³/mol. The van der Waals surface area contributed by atoms with E-state index in [0.717, 1.165) is 108 Å². The number of hydrogen-bond acceptors (Lipinski definition) is 15. The third-order valence-corrected chi connectivity index (χ3v) is 18.9. The van der Waals surface area contributed by atoms with Gasteiger partial charge in [-0.1, -0.05) is 312 Å². The van der Waals surface area contributed by atoms with Crippen LogP contribution in [0.25, 0.3) is 0 Å². The van der Waals surface area contributed by atoms with Crippen LogP contribution in [0, 0.1) is 17.8 Å². The molecule has 19 heteroatoms. The van der Waals surface area contributed by atoms with Gasteiger partial charge in [-0.25, -0.2) is 9.13 Å². The summed E-state index contributed by atoms with van der Waals surface area (Å²) >= 11 is 0. The molecule has 540 valence electrons. The summed E-state index contributed by atoms with van der Waals surface area (Å²) < 4.78 is 68.3. The molecule has 0 rings (SSSR count). The molecule has 6 atom stereocenters. The number of aliphatic hydroxyl groups excluding tert-OH is 1. The Morgan fingerprint density at radius 2 is 0.560 bits per heavy atom. The maximum Gasteiger partial charge on any atom is 0.472 e. The van der Waals surface area contributed by atoms with Crippen molar-refractivity contribution in [1.29, 1.82) is 0 Å². The number of esters is 4. The first-order valence-electron chi connectivity index (χ1n) is 37.4. The first kappa shape index (κ1) is 89.1. The SMILES string of the molecule is CCCCCCCCCCCCCCCCCCCC(=O)O[C@H](COC(=O)CCCCCCCCCCCCC(C)C)COP(=O)(O)OC[C@@H](O)COP(=O)(O)OC[C@@H](COC(=O)CCCCCCCCC(C)C)OC(=O)CCCCCCCCCCC(C)CC. The van der Waals surface area contributed by atoms with Crippen LogP contribution < -0.4 is 0 Å². The van der Waals surface area contributed by atoms with Gasteiger partial charge in [0, 0.05) is 25.7 Å². The minimum Gasteiger partial charge on any atom is -0.462 e. The lowest BCUT2D eigenvalue weighted by Crippen LogP contribution is -2.30. The first-order chi connectivity index (χ1) is 43.8. The zero-order chi connectivity index (χ0) is 67.3. The molecule has 3 unspecified atom stereocenters. The number of unbranched alkanes of at least 4 members (excludes halogenated alkanes) is 37. The number of carbonyl (C=O) groups excluding carboxylic acids is 4. The molecule has 0 aliphatic carbocycles. The third kappa shape index (κ3) is 65.1. The molecular formula is C72H140O17P2. The summed E-state index contributed by atoms with van der Waals surface area (Å²) in [5, 5.41) is 10.6. The Labute approximate surface area is 556 Å². The van der Waals surface area contributed by atoms with Gasteiger partial charge in [-0.15, -0.1) is 0 Å². The highest BCUT2D eigenvalue weighted by Crippen LogP contribution is 2.45. The average Bonchev–Trinajstić information content (AvgIpc) is 3.31. The number of hydrogen-bond donors (Lipinski definition) is 3. The van der Waals surface area contributed by atoms with Crippen LogP contribution in [-0.2, 0) is 65.4 Å². The number of phosphoric ester groups is 2. The second-order valence-electron chi connectivity index (χ2n) is 27.2. The Bertz CT molecular complexity index is 1790. The molecule has 0 aromatic rings. The number of carbonyl (C=O) groups is 4. The summed E-state index contributed by atoms with van der Waals surface area (Å²) in [7, 11) is -9.90. The van der Waals surface area contributed by atoms with Crippen LogP contribution in [0.5, 0.6) is 0 Å². The lowest BCUT2D eigenvalue weighted by atomic mass is 9.99. The van der Waals surface area contributed by atoms with Crippen molar-refractivity contribution in [3.63, 3.8) is 0 Å². The zero-order valence-corrected chi connectivity index (χ0v) is 61.1. The Balaban J connectivity index is 5.24. The van der Waals surface area contributed by atoms with Gasteiger partial charge in [0.25, 0.3) is 0 Å². The topological polar surface area (TPSA) is 237 Å². The number of aliphatic hydroxyl groups is 1. The maximum atomic E-state index is 13.0. The van der Waals surface area contributed by atoms with E-state index in [-0.39, 0.29) is 25.7 Å². The van der Waals surface area contributed by atoms with Gasteiger partial charge < -0.3 is 33.8 Å². The van der Waals surface area contributed by atoms with Crippen LogP contribution in [0.15, 0.2) is 0 Å². The molecule has 0 spiro atoms. The van der Waals surface area contributed by atoms with Gasteiger partial charge in [-0.3, -0.25) is 37.3 Å². The van der Waals surface area contributed by atoms with Gasteiger partial charge in [-0.05, 0) is 43.4 Å². The van der Waals surface area contributed by atoms with E-state index in [1.165, 1.54) is 167 Å². The van der Waals surface area contributed by atoms with Crippen LogP contribution in [0.1, 0.15) is 363 Å². The first-order valence-corrected chi connectivity index (χ1v) is 40.4. The summed E-state index contributed by atoms with van der Waals surface area (Å²) in [6.07, 6.45) is 47.3. The Hall–Kier alpha value is -1.94. The fraction of sp³-hybridized carbons (Fsp3) is 0.944. The van der Waals surface area contributed by atoms with Crippen molar-refractivity contribution in [2.24, 2.45) is 17.8 Å². The van der Waals surface area contributed by atoms with Gasteiger partial charge in [0.15, 0.2) is 12.2 Å². The van der Waals surface area contributed by atoms with Gasteiger partial charge in [0.2, 0.25) is 0 Å². The zero-order valence-electron chi connectivity index (χ0n) is 59.3. The monoisotopic (exact) mass is 1340 g/mol. The molecule has 0 heterocycles. The van der Waals surface area contributed by atoms with Gasteiger partial charge in [0.05, 0.1) is 26.4 Å². The highest BCUT2D eigenvalue weighted by atomic mass is 31.2. The van der Waals surface area contributed by atoms with E-state index in [1.54, 1.807) is 0 Å². The molecule has 0 saturated carbocycles. The van der Waals surface area contributed by atoms with Crippen LogP contribution in [0.3, 0.4) is 0 Å². The van der Waals surface area contributed by atoms with E-state index < -0.39 is 97.5 Å². The van der Waals surface area contributed by atoms with Crippen molar-refractivity contribution in [2.45, 2.75) is 381 Å². The van der Waals surface area contributed by atoms with E-state index in [0.29, 0.717) is 31.6 Å². The Morgan fingerprint density at radius 1 is 0.319 bits per heavy atom. The molecule has 91 heavy (non-hydrogen) atoms. The van der Waals surface area contributed by atoms with E-state index >= 15 is 0 Å². The molecule has 17 nitrogen and oxygen atoms in total. The molecule has 0 aliphatic rings. The van der Waals surface area contributed by atoms with E-state index in [1.807, 2.05) is 0 Å². The summed E-state index contributed by atoms with van der Waals surface area (Å²) in [6.45, 7) is 11.8. The van der Waals surface area contributed by atoms with Crippen molar-refractivity contribution in [1.82, 2.24) is 0 Å². The molecule has 0 aromatic carbocycles. The second kappa shape index (κ2) is 62.8. The minimum absolute atomic E-state index is 0.104. The molecule has 0 radical (unpaired) electrons. The summed E-state index contributed by atoms with van der Waals surface area (Å²) in [4.78, 5) is 72.6. The van der Waals surface area contributed by atoms with Crippen LogP contribution >= 0.6 is 15.6 Å². The van der Waals surface area contributed by atoms with E-state index in [9.17, 15) is 43.2 Å². The molecule has 0 aliphatic heterocycles. The largest absolute Gasteiger partial charge is 0.472 e. The molecule has 0 bridgehead atoms. The van der Waals surface area contributed by atoms with Crippen molar-refractivity contribution in [2.75, 3.05) is 39.6 Å². The van der Waals surface area contributed by atoms with Crippen molar-refractivity contribution in [3.8, 4) is 0 Å². The number of phosphoric acid groups is 2. The van der Waals surface area contributed by atoms with Gasteiger partial charge in [-0.2, -0.15) is 0 Å². The molecule has 3 N–H and O–H groups in total. The molecule has 0 amide bonds. The van der Waals surface area contributed by atoms with Crippen molar-refractivity contribution in [3.05, 3.63) is 0 Å². The quantitative estimate of drug-likeness (QED) is 0.0222. The summed E-state index contributed by atoms with van der Waals surface area (Å²) in [5.74, 6) is 0.0811. The van der Waals surface area contributed by atoms with E-state index in [4.69, 9.17) is 37.0 Å². The highest BCUT2D eigenvalue weighted by molar-refractivity contribution is 7.47. The smallest absolute Gasteiger partial charge is 0.462 e. The van der Waals surface area contributed by atoms with Crippen LogP contribution in [0.4, 0.5) is 0 Å². The Morgan fingerprint density at radius 3 is 0.835 bits per heavy atom. The fourth-order valence-corrected chi connectivity index (χ4v) is 12.4. The average molecular weight is 1340 g/mol. The lowest BCUT2D eigenvalue weighted by molar-refractivity contribution is -0.161. The molecular weight excluding hydrogens is 1200 g/mol. The number of rotatable bonds is 70. The highest BCUT2D eigenvalue weighted by Gasteiger charge is 2.30. The third-order valence-electron chi connectivity index (χ3n) is 17.0. The lowest BCUT2D eigenvalue weighted by Gasteiger charge is -2.21. The van der Waals surface area contributed by atoms with Crippen LogP contribution in [-0.4, -0.2) is 96.7 Å². The van der Waals surface area contributed by atoms with Crippen LogP contribution in [0.2, 0.25) is 0 Å². The van der Waals surface area contributed by atoms with E-state index in [2.05, 4.69) is 48.5 Å². The van der Waals surface area contributed by atoms with Gasteiger partial charge in [0.1, 0.15) is 19.3 Å². The van der Waals surface area contributed by atoms with Crippen molar-refractivity contribution >= 4 is 39.5 Å². The normalized spacial score (nSPS) is 14.5.